The van der Waals surface area contributed by atoms with Crippen LogP contribution in [0.15, 0.2) is 29.2 Å². The zero-order valence-electron chi connectivity index (χ0n) is 11.0. The van der Waals surface area contributed by atoms with Gasteiger partial charge in [0.1, 0.15) is 6.54 Å². The number of carbonyl (C=O) groups excluding carboxylic acids is 1. The summed E-state index contributed by atoms with van der Waals surface area (Å²) in [4.78, 5) is 23.8. The summed E-state index contributed by atoms with van der Waals surface area (Å²) in [6.45, 7) is 0.401. The minimum Gasteiger partial charge on any atom is -0.394 e. The minimum atomic E-state index is -1.13. The predicted molar refractivity (Wildman–Crippen MR) is 70.2 cm³/mol. The van der Waals surface area contributed by atoms with Gasteiger partial charge in [-0.2, -0.15) is 0 Å². The van der Waals surface area contributed by atoms with E-state index in [2.05, 4.69) is 10.4 Å². The van der Waals surface area contributed by atoms with Gasteiger partial charge in [0.15, 0.2) is 5.65 Å². The van der Waals surface area contributed by atoms with Gasteiger partial charge in [-0.3, -0.25) is 9.20 Å². The highest BCUT2D eigenvalue weighted by molar-refractivity contribution is 5.76. The van der Waals surface area contributed by atoms with Gasteiger partial charge in [-0.15, -0.1) is 5.10 Å². The normalized spacial score (nSPS) is 11.8. The van der Waals surface area contributed by atoms with Crippen LogP contribution in [-0.4, -0.2) is 49.1 Å². The first-order valence-electron chi connectivity index (χ1n) is 6.06. The summed E-state index contributed by atoms with van der Waals surface area (Å²) in [5, 5.41) is 24.7. The second kappa shape index (κ2) is 5.43. The van der Waals surface area contributed by atoms with Gasteiger partial charge in [0.2, 0.25) is 5.91 Å². The number of rotatable bonds is 5. The van der Waals surface area contributed by atoms with E-state index in [1.165, 1.54) is 11.3 Å². The van der Waals surface area contributed by atoms with Crippen LogP contribution < -0.4 is 11.0 Å². The topological polar surface area (TPSA) is 109 Å². The molecule has 0 spiro atoms. The molecule has 0 aliphatic rings. The third-order valence-corrected chi connectivity index (χ3v) is 2.92. The zero-order valence-corrected chi connectivity index (χ0v) is 11.0. The van der Waals surface area contributed by atoms with Crippen molar-refractivity contribution < 1.29 is 15.0 Å². The molecule has 0 aliphatic heterocycles. The number of aliphatic hydroxyl groups is 2. The van der Waals surface area contributed by atoms with E-state index in [9.17, 15) is 9.59 Å². The number of amides is 1. The maximum absolute atomic E-state index is 12.0. The van der Waals surface area contributed by atoms with E-state index < -0.39 is 30.3 Å². The zero-order chi connectivity index (χ0) is 14.8. The van der Waals surface area contributed by atoms with Gasteiger partial charge in [0.25, 0.3) is 0 Å². The Hall–Kier alpha value is -2.19. The van der Waals surface area contributed by atoms with E-state index >= 15 is 0 Å². The lowest BCUT2D eigenvalue weighted by atomic mass is 10.1. The number of aliphatic hydroxyl groups excluding tert-OH is 2. The molecule has 2 aromatic rings. The molecule has 2 rings (SSSR count). The van der Waals surface area contributed by atoms with E-state index in [0.29, 0.717) is 5.65 Å². The Balaban J connectivity index is 2.18. The Bertz CT molecular complexity index is 671. The highest BCUT2D eigenvalue weighted by atomic mass is 16.3. The van der Waals surface area contributed by atoms with Crippen LogP contribution in [-0.2, 0) is 11.3 Å². The molecule has 8 nitrogen and oxygen atoms in total. The number of aromatic nitrogens is 3. The van der Waals surface area contributed by atoms with Crippen LogP contribution >= 0.6 is 0 Å². The lowest BCUT2D eigenvalue weighted by molar-refractivity contribution is -0.124. The van der Waals surface area contributed by atoms with Crippen LogP contribution in [0.25, 0.3) is 5.65 Å². The average molecular weight is 280 g/mol. The van der Waals surface area contributed by atoms with E-state index in [1.54, 1.807) is 24.4 Å². The second-order valence-corrected chi connectivity index (χ2v) is 4.79. The second-order valence-electron chi connectivity index (χ2n) is 4.79. The summed E-state index contributed by atoms with van der Waals surface area (Å²) in [5.74, 6) is -0.513. The molecule has 0 unspecified atom stereocenters. The molecule has 1 amide bonds. The maximum atomic E-state index is 12.0. The highest BCUT2D eigenvalue weighted by Gasteiger charge is 2.25. The molecule has 0 atom stereocenters. The lowest BCUT2D eigenvalue weighted by Gasteiger charge is -2.25. The van der Waals surface area contributed by atoms with Gasteiger partial charge in [-0.25, -0.2) is 9.48 Å². The molecule has 8 heteroatoms. The Morgan fingerprint density at radius 2 is 2.10 bits per heavy atom. The van der Waals surface area contributed by atoms with E-state index in [0.717, 1.165) is 4.68 Å². The molecule has 2 aromatic heterocycles. The molecular formula is C12H16N4O4. The Labute approximate surface area is 114 Å². The number of hydrogen-bond donors (Lipinski definition) is 3. The number of nitrogens with one attached hydrogen (secondary N) is 1. The van der Waals surface area contributed by atoms with E-state index in [-0.39, 0.29) is 6.54 Å². The smallest absolute Gasteiger partial charge is 0.350 e. The summed E-state index contributed by atoms with van der Waals surface area (Å²) >= 11 is 0. The van der Waals surface area contributed by atoms with Crippen molar-refractivity contribution in [1.82, 2.24) is 19.5 Å². The van der Waals surface area contributed by atoms with Crippen LogP contribution in [0.5, 0.6) is 0 Å². The minimum absolute atomic E-state index is 0.282. The largest absolute Gasteiger partial charge is 0.394 e. The van der Waals surface area contributed by atoms with Crippen LogP contribution in [0.3, 0.4) is 0 Å². The quantitative estimate of drug-likeness (QED) is 0.608. The van der Waals surface area contributed by atoms with Gasteiger partial charge in [0.05, 0.1) is 18.8 Å². The first-order valence-corrected chi connectivity index (χ1v) is 6.06. The number of nitrogens with zero attached hydrogens (tertiary/aromatic N) is 3. The summed E-state index contributed by atoms with van der Waals surface area (Å²) in [7, 11) is 0. The number of fused-ring (bicyclic) bond motifs is 1. The van der Waals surface area contributed by atoms with Gasteiger partial charge >= 0.3 is 5.69 Å². The monoisotopic (exact) mass is 280 g/mol. The third kappa shape index (κ3) is 2.70. The molecule has 20 heavy (non-hydrogen) atoms. The van der Waals surface area contributed by atoms with Crippen LogP contribution in [0.1, 0.15) is 6.92 Å². The van der Waals surface area contributed by atoms with E-state index in [1.807, 2.05) is 0 Å². The fourth-order valence-electron chi connectivity index (χ4n) is 1.71. The summed E-state index contributed by atoms with van der Waals surface area (Å²) < 4.78 is 2.35. The Kier molecular flexibility index (Phi) is 3.86. The summed E-state index contributed by atoms with van der Waals surface area (Å²) in [5.41, 5.74) is -1.11. The molecular weight excluding hydrogens is 264 g/mol. The Morgan fingerprint density at radius 3 is 2.70 bits per heavy atom. The van der Waals surface area contributed by atoms with Gasteiger partial charge in [-0.1, -0.05) is 6.07 Å². The first-order chi connectivity index (χ1) is 9.49. The molecule has 2 heterocycles. The van der Waals surface area contributed by atoms with Crippen molar-refractivity contribution >= 4 is 11.6 Å². The molecule has 0 aromatic carbocycles. The van der Waals surface area contributed by atoms with Crippen molar-refractivity contribution in [2.24, 2.45) is 0 Å². The SMILES string of the molecule is CC(CO)(CO)NC(=O)Cn1nc2ccccn2c1=O. The van der Waals surface area contributed by atoms with Gasteiger partial charge < -0.3 is 15.5 Å². The third-order valence-electron chi connectivity index (χ3n) is 2.92. The fraction of sp³-hybridized carbons (Fsp3) is 0.417. The molecule has 0 aliphatic carbocycles. The number of pyridine rings is 1. The molecule has 3 N–H and O–H groups in total. The molecule has 0 radical (unpaired) electrons. The van der Waals surface area contributed by atoms with Crippen molar-refractivity contribution in [1.29, 1.82) is 0 Å². The predicted octanol–water partition coefficient (Wildman–Crippen LogP) is -1.64. The summed E-state index contributed by atoms with van der Waals surface area (Å²) in [6.07, 6.45) is 1.56. The van der Waals surface area contributed by atoms with Crippen LogP contribution in [0.2, 0.25) is 0 Å². The number of carbonyl (C=O) groups is 1. The van der Waals surface area contributed by atoms with Gasteiger partial charge in [0, 0.05) is 6.20 Å². The molecule has 0 bridgehead atoms. The highest BCUT2D eigenvalue weighted by Crippen LogP contribution is 2.01. The van der Waals surface area contributed by atoms with Crippen molar-refractivity contribution in [2.75, 3.05) is 13.2 Å². The van der Waals surface area contributed by atoms with Crippen molar-refractivity contribution in [3.63, 3.8) is 0 Å². The fourth-order valence-corrected chi connectivity index (χ4v) is 1.71. The van der Waals surface area contributed by atoms with Crippen molar-refractivity contribution in [3.8, 4) is 0 Å². The van der Waals surface area contributed by atoms with E-state index in [4.69, 9.17) is 10.2 Å². The first kappa shape index (κ1) is 14.2. The van der Waals surface area contributed by atoms with Crippen LogP contribution in [0, 0.1) is 0 Å². The Morgan fingerprint density at radius 1 is 1.40 bits per heavy atom. The molecule has 0 saturated carbocycles. The molecule has 108 valence electrons. The van der Waals surface area contributed by atoms with Crippen LogP contribution in [0.4, 0.5) is 0 Å². The average Bonchev–Trinajstić information content (AvgIpc) is 2.75. The maximum Gasteiger partial charge on any atom is 0.350 e. The van der Waals surface area contributed by atoms with Gasteiger partial charge in [-0.05, 0) is 19.1 Å². The van der Waals surface area contributed by atoms with Crippen molar-refractivity contribution in [3.05, 3.63) is 34.9 Å². The lowest BCUT2D eigenvalue weighted by Crippen LogP contribution is -2.53. The standard InChI is InChI=1S/C12H16N4O4/c1-12(7-17,8-18)13-10(19)6-16-11(20)15-5-3-2-4-9(15)14-16/h2-5,17-18H,6-8H2,1H3,(H,13,19). The van der Waals surface area contributed by atoms with Crippen molar-refractivity contribution in [2.45, 2.75) is 19.0 Å². The molecule has 0 fully saturated rings. The molecule has 0 saturated heterocycles. The number of hydrogen-bond acceptors (Lipinski definition) is 5. The summed E-state index contributed by atoms with van der Waals surface area (Å²) in [6, 6.07) is 5.08.